The molecule has 30 heavy (non-hydrogen) atoms. The lowest BCUT2D eigenvalue weighted by Gasteiger charge is -2.19. The number of hydrogen-bond acceptors (Lipinski definition) is 5. The summed E-state index contributed by atoms with van der Waals surface area (Å²) >= 11 is 0. The highest BCUT2D eigenvalue weighted by Crippen LogP contribution is 2.26. The zero-order valence-electron chi connectivity index (χ0n) is 17.0. The number of rotatable bonds is 7. The normalized spacial score (nSPS) is 13.2. The van der Waals surface area contributed by atoms with Crippen LogP contribution in [0.15, 0.2) is 66.9 Å². The molecule has 0 atom stereocenters. The third-order valence-corrected chi connectivity index (χ3v) is 4.99. The Kier molecular flexibility index (Phi) is 6.13. The van der Waals surface area contributed by atoms with Crippen LogP contribution in [0.25, 0.3) is 0 Å². The van der Waals surface area contributed by atoms with E-state index in [0.717, 1.165) is 24.3 Å². The van der Waals surface area contributed by atoms with Crippen molar-refractivity contribution in [1.82, 2.24) is 4.98 Å². The molecule has 0 aliphatic carbocycles. The van der Waals surface area contributed by atoms with Gasteiger partial charge in [0.25, 0.3) is 5.91 Å². The molecule has 0 unspecified atom stereocenters. The number of carbonyl (C=O) groups excluding carboxylic acids is 1. The molecule has 0 spiro atoms. The quantitative estimate of drug-likeness (QED) is 0.614. The maximum atomic E-state index is 12.4. The topological polar surface area (TPSA) is 63.7 Å². The lowest BCUT2D eigenvalue weighted by molar-refractivity contribution is -0.118. The molecule has 2 heterocycles. The van der Waals surface area contributed by atoms with Crippen molar-refractivity contribution in [3.63, 3.8) is 0 Å². The minimum atomic E-state index is -0.205. The van der Waals surface area contributed by atoms with Crippen LogP contribution >= 0.6 is 0 Å². The third kappa shape index (κ3) is 5.08. The summed E-state index contributed by atoms with van der Waals surface area (Å²) < 4.78 is 11.3. The fourth-order valence-electron chi connectivity index (χ4n) is 3.45. The number of nitrogens with zero attached hydrogens (tertiary/aromatic N) is 2. The van der Waals surface area contributed by atoms with Crippen LogP contribution in [0.2, 0.25) is 0 Å². The van der Waals surface area contributed by atoms with E-state index in [0.29, 0.717) is 17.4 Å². The van der Waals surface area contributed by atoms with Gasteiger partial charge in [-0.3, -0.25) is 4.79 Å². The predicted molar refractivity (Wildman–Crippen MR) is 118 cm³/mol. The lowest BCUT2D eigenvalue weighted by atomic mass is 10.1. The lowest BCUT2D eigenvalue weighted by Crippen LogP contribution is -2.21. The minimum absolute atomic E-state index is 0.0830. The van der Waals surface area contributed by atoms with E-state index in [1.165, 1.54) is 18.5 Å². The van der Waals surface area contributed by atoms with Crippen molar-refractivity contribution in [2.75, 3.05) is 29.9 Å². The summed E-state index contributed by atoms with van der Waals surface area (Å²) in [5.41, 5.74) is 3.06. The molecule has 1 aromatic heterocycles. The van der Waals surface area contributed by atoms with Crippen molar-refractivity contribution in [3.8, 4) is 17.4 Å². The van der Waals surface area contributed by atoms with E-state index in [-0.39, 0.29) is 12.5 Å². The van der Waals surface area contributed by atoms with Crippen LogP contribution in [0.3, 0.4) is 0 Å². The van der Waals surface area contributed by atoms with Crippen LogP contribution in [0.5, 0.6) is 17.4 Å². The number of anilines is 2. The summed E-state index contributed by atoms with van der Waals surface area (Å²) in [5, 5.41) is 2.93. The van der Waals surface area contributed by atoms with E-state index in [9.17, 15) is 4.79 Å². The molecule has 1 N–H and O–H groups in total. The predicted octanol–water partition coefficient (Wildman–Crippen LogP) is 4.80. The Labute approximate surface area is 176 Å². The van der Waals surface area contributed by atoms with Gasteiger partial charge in [0.2, 0.25) is 5.88 Å². The molecule has 4 rings (SSSR count). The standard InChI is InChI=1S/C24H25N3O3/c1-18-15-19(27-13-4-5-14-27)10-11-22(18)26-23(28)17-29-20-7-6-8-21(16-20)30-24-9-2-3-12-25-24/h2-3,6-12,15-16H,4-5,13-14,17H2,1H3,(H,26,28). The molecule has 6 heteroatoms. The summed E-state index contributed by atoms with van der Waals surface area (Å²) in [4.78, 5) is 18.9. The molecule has 1 aliphatic heterocycles. The van der Waals surface area contributed by atoms with Crippen LogP contribution in [0.4, 0.5) is 11.4 Å². The molecule has 1 saturated heterocycles. The second kappa shape index (κ2) is 9.31. The van der Waals surface area contributed by atoms with Gasteiger partial charge >= 0.3 is 0 Å². The van der Waals surface area contributed by atoms with Crippen molar-refractivity contribution in [3.05, 3.63) is 72.4 Å². The highest BCUT2D eigenvalue weighted by molar-refractivity contribution is 5.92. The van der Waals surface area contributed by atoms with Gasteiger partial charge in [-0.05, 0) is 61.7 Å². The molecule has 6 nitrogen and oxygen atoms in total. The molecule has 0 bridgehead atoms. The SMILES string of the molecule is Cc1cc(N2CCCC2)ccc1NC(=O)COc1cccc(Oc2ccccn2)c1. The van der Waals surface area contributed by atoms with Gasteiger partial charge in [0.15, 0.2) is 6.61 Å². The summed E-state index contributed by atoms with van der Waals surface area (Å²) in [5.74, 6) is 1.45. The van der Waals surface area contributed by atoms with E-state index in [2.05, 4.69) is 27.3 Å². The highest BCUT2D eigenvalue weighted by Gasteiger charge is 2.14. The van der Waals surface area contributed by atoms with Crippen LogP contribution in [0, 0.1) is 6.92 Å². The molecule has 1 amide bonds. The second-order valence-electron chi connectivity index (χ2n) is 7.28. The van der Waals surface area contributed by atoms with Gasteiger partial charge in [-0.2, -0.15) is 0 Å². The number of aromatic nitrogens is 1. The first-order valence-electron chi connectivity index (χ1n) is 10.1. The Bertz CT molecular complexity index is 1000. The van der Waals surface area contributed by atoms with E-state index < -0.39 is 0 Å². The van der Waals surface area contributed by atoms with Gasteiger partial charge in [0.05, 0.1) is 0 Å². The zero-order chi connectivity index (χ0) is 20.8. The molecule has 154 valence electrons. The van der Waals surface area contributed by atoms with Crippen LogP contribution < -0.4 is 19.7 Å². The Morgan fingerprint density at radius 1 is 1.03 bits per heavy atom. The first kappa shape index (κ1) is 19.8. The van der Waals surface area contributed by atoms with Crippen molar-refractivity contribution >= 4 is 17.3 Å². The number of benzene rings is 2. The molecular weight excluding hydrogens is 378 g/mol. The van der Waals surface area contributed by atoms with Gasteiger partial charge in [-0.15, -0.1) is 0 Å². The number of aryl methyl sites for hydroxylation is 1. The van der Waals surface area contributed by atoms with Crippen molar-refractivity contribution in [1.29, 1.82) is 0 Å². The number of nitrogens with one attached hydrogen (secondary N) is 1. The Hall–Kier alpha value is -3.54. The fraction of sp³-hybridized carbons (Fsp3) is 0.250. The number of carbonyl (C=O) groups is 1. The van der Waals surface area contributed by atoms with Crippen LogP contribution in [-0.4, -0.2) is 30.6 Å². The fourth-order valence-corrected chi connectivity index (χ4v) is 3.45. The van der Waals surface area contributed by atoms with Gasteiger partial charge < -0.3 is 19.7 Å². The minimum Gasteiger partial charge on any atom is -0.484 e. The summed E-state index contributed by atoms with van der Waals surface area (Å²) in [6.07, 6.45) is 4.14. The number of amides is 1. The molecule has 0 saturated carbocycles. The van der Waals surface area contributed by atoms with Crippen molar-refractivity contribution in [2.45, 2.75) is 19.8 Å². The first-order chi connectivity index (χ1) is 14.7. The first-order valence-corrected chi connectivity index (χ1v) is 10.1. The molecule has 3 aromatic rings. The maximum absolute atomic E-state index is 12.4. The van der Waals surface area contributed by atoms with Crippen molar-refractivity contribution in [2.24, 2.45) is 0 Å². The molecule has 1 fully saturated rings. The Morgan fingerprint density at radius 3 is 2.63 bits per heavy atom. The third-order valence-electron chi connectivity index (χ3n) is 4.99. The van der Waals surface area contributed by atoms with E-state index in [4.69, 9.17) is 9.47 Å². The van der Waals surface area contributed by atoms with E-state index in [1.54, 1.807) is 24.4 Å². The largest absolute Gasteiger partial charge is 0.484 e. The van der Waals surface area contributed by atoms with Gasteiger partial charge in [-0.25, -0.2) is 4.98 Å². The number of ether oxygens (including phenoxy) is 2. The molecule has 0 radical (unpaired) electrons. The molecular formula is C24H25N3O3. The van der Waals surface area contributed by atoms with E-state index >= 15 is 0 Å². The summed E-state index contributed by atoms with van der Waals surface area (Å²) in [6.45, 7) is 4.12. The molecule has 1 aliphatic rings. The average Bonchev–Trinajstić information content (AvgIpc) is 3.30. The summed E-state index contributed by atoms with van der Waals surface area (Å²) in [6, 6.07) is 18.7. The van der Waals surface area contributed by atoms with Crippen molar-refractivity contribution < 1.29 is 14.3 Å². The number of hydrogen-bond donors (Lipinski definition) is 1. The second-order valence-corrected chi connectivity index (χ2v) is 7.28. The highest BCUT2D eigenvalue weighted by atomic mass is 16.5. The maximum Gasteiger partial charge on any atom is 0.262 e. The monoisotopic (exact) mass is 403 g/mol. The zero-order valence-corrected chi connectivity index (χ0v) is 17.0. The summed E-state index contributed by atoms with van der Waals surface area (Å²) in [7, 11) is 0. The smallest absolute Gasteiger partial charge is 0.262 e. The van der Waals surface area contributed by atoms with Crippen LogP contribution in [-0.2, 0) is 4.79 Å². The van der Waals surface area contributed by atoms with E-state index in [1.807, 2.05) is 37.3 Å². The van der Waals surface area contributed by atoms with Gasteiger partial charge in [0.1, 0.15) is 11.5 Å². The average molecular weight is 403 g/mol. The van der Waals surface area contributed by atoms with Crippen LogP contribution in [0.1, 0.15) is 18.4 Å². The Balaban J connectivity index is 1.32. The van der Waals surface area contributed by atoms with Gasteiger partial charge in [-0.1, -0.05) is 12.1 Å². The number of pyridine rings is 1. The Morgan fingerprint density at radius 2 is 1.87 bits per heavy atom. The van der Waals surface area contributed by atoms with Gasteiger partial charge in [0, 0.05) is 42.8 Å². The molecule has 2 aromatic carbocycles.